The molecule has 1 aromatic carbocycles. The average Bonchev–Trinajstić information content (AvgIpc) is 2.92. The van der Waals surface area contributed by atoms with Gasteiger partial charge in [0.25, 0.3) is 0 Å². The Morgan fingerprint density at radius 2 is 2.04 bits per heavy atom. The van der Waals surface area contributed by atoms with Crippen LogP contribution in [0.25, 0.3) is 0 Å². The van der Waals surface area contributed by atoms with E-state index in [1.165, 1.54) is 0 Å². The Morgan fingerprint density at radius 3 is 2.58 bits per heavy atom. The van der Waals surface area contributed by atoms with Gasteiger partial charge in [-0.1, -0.05) is 12.1 Å². The second-order valence-electron chi connectivity index (χ2n) is 5.45. The number of hydrogen-bond donors (Lipinski definition) is 2. The Bertz CT molecular complexity index is 645. The number of aryl methyl sites for hydroxylation is 1. The van der Waals surface area contributed by atoms with Crippen LogP contribution in [0.2, 0.25) is 0 Å². The van der Waals surface area contributed by atoms with E-state index in [1.54, 1.807) is 17.9 Å². The van der Waals surface area contributed by atoms with Crippen LogP contribution in [0, 0.1) is 0 Å². The summed E-state index contributed by atoms with van der Waals surface area (Å²) in [4.78, 5) is 14.4. The number of anilines is 1. The Labute approximate surface area is 155 Å². The fourth-order valence-electron chi connectivity index (χ4n) is 2.27. The lowest BCUT2D eigenvalue weighted by molar-refractivity contribution is -0.123. The second kappa shape index (κ2) is 10.2. The van der Waals surface area contributed by atoms with Crippen LogP contribution in [0.5, 0.6) is 0 Å². The minimum Gasteiger partial charge on any atom is -0.378 e. The zero-order valence-corrected chi connectivity index (χ0v) is 15.9. The highest BCUT2D eigenvalue weighted by atomic mass is 35.5. The van der Waals surface area contributed by atoms with Crippen molar-refractivity contribution in [2.24, 2.45) is 7.05 Å². The summed E-state index contributed by atoms with van der Waals surface area (Å²) in [6.07, 6.45) is 3.54. The first-order valence-corrected chi connectivity index (χ1v) is 7.21. The van der Waals surface area contributed by atoms with E-state index in [9.17, 15) is 4.79 Å². The van der Waals surface area contributed by atoms with Crippen molar-refractivity contribution in [2.45, 2.75) is 12.6 Å². The predicted octanol–water partition coefficient (Wildman–Crippen LogP) is 1.91. The summed E-state index contributed by atoms with van der Waals surface area (Å²) in [5, 5.41) is 10.1. The molecule has 0 aliphatic rings. The average molecular weight is 374 g/mol. The number of likely N-dealkylation sites (N-methyl/N-ethyl adjacent to an activating group) is 1. The van der Waals surface area contributed by atoms with Crippen LogP contribution in [0.4, 0.5) is 5.69 Å². The summed E-state index contributed by atoms with van der Waals surface area (Å²) in [5.41, 5.74) is 3.04. The molecule has 24 heavy (non-hydrogen) atoms. The van der Waals surface area contributed by atoms with Gasteiger partial charge in [0.2, 0.25) is 5.91 Å². The van der Waals surface area contributed by atoms with Crippen LogP contribution in [-0.2, 0) is 18.4 Å². The maximum Gasteiger partial charge on any atom is 0.242 e. The lowest BCUT2D eigenvalue weighted by Crippen LogP contribution is -2.35. The molecule has 8 heteroatoms. The number of hydrogen-bond acceptors (Lipinski definition) is 4. The third-order valence-corrected chi connectivity index (χ3v) is 3.50. The normalized spacial score (nSPS) is 11.0. The highest BCUT2D eigenvalue weighted by Crippen LogP contribution is 2.14. The van der Waals surface area contributed by atoms with Gasteiger partial charge in [-0.05, 0) is 24.7 Å². The van der Waals surface area contributed by atoms with E-state index in [-0.39, 0.29) is 30.7 Å². The number of benzene rings is 1. The number of rotatable bonds is 6. The quantitative estimate of drug-likeness (QED) is 0.811. The van der Waals surface area contributed by atoms with Crippen molar-refractivity contribution in [2.75, 3.05) is 26.0 Å². The summed E-state index contributed by atoms with van der Waals surface area (Å²) < 4.78 is 1.69. The molecule has 2 aromatic rings. The van der Waals surface area contributed by atoms with Crippen molar-refractivity contribution in [1.29, 1.82) is 0 Å². The SMILES string of the molecule is CNC(C(=O)NCc1cccc(N(C)C)c1)c1cnn(C)c1.Cl.Cl. The zero-order chi connectivity index (χ0) is 16.1. The molecule has 6 nitrogen and oxygen atoms in total. The van der Waals surface area contributed by atoms with E-state index in [1.807, 2.05) is 50.4 Å². The summed E-state index contributed by atoms with van der Waals surface area (Å²) in [6, 6.07) is 7.71. The summed E-state index contributed by atoms with van der Waals surface area (Å²) in [7, 11) is 7.60. The summed E-state index contributed by atoms with van der Waals surface area (Å²) >= 11 is 0. The molecule has 1 heterocycles. The molecule has 0 bridgehead atoms. The Balaban J connectivity index is 0.00000264. The summed E-state index contributed by atoms with van der Waals surface area (Å²) in [5.74, 6) is -0.0641. The molecular formula is C16H25Cl2N5O. The Kier molecular flexibility index (Phi) is 9.43. The minimum absolute atomic E-state index is 0. The van der Waals surface area contributed by atoms with Gasteiger partial charge in [0, 0.05) is 45.1 Å². The Morgan fingerprint density at radius 1 is 1.33 bits per heavy atom. The van der Waals surface area contributed by atoms with Crippen molar-refractivity contribution in [3.8, 4) is 0 Å². The molecular weight excluding hydrogens is 349 g/mol. The van der Waals surface area contributed by atoms with Crippen LogP contribution in [-0.4, -0.2) is 36.8 Å². The molecule has 1 unspecified atom stereocenters. The fraction of sp³-hybridized carbons (Fsp3) is 0.375. The number of aromatic nitrogens is 2. The summed E-state index contributed by atoms with van der Waals surface area (Å²) in [6.45, 7) is 0.499. The number of nitrogens with zero attached hydrogens (tertiary/aromatic N) is 3. The number of halogens is 2. The maximum absolute atomic E-state index is 12.4. The molecule has 0 spiro atoms. The first-order valence-electron chi connectivity index (χ1n) is 7.21. The molecule has 134 valence electrons. The van der Waals surface area contributed by atoms with E-state index >= 15 is 0 Å². The van der Waals surface area contributed by atoms with Crippen molar-refractivity contribution in [1.82, 2.24) is 20.4 Å². The van der Waals surface area contributed by atoms with E-state index in [0.29, 0.717) is 6.54 Å². The van der Waals surface area contributed by atoms with Crippen LogP contribution < -0.4 is 15.5 Å². The van der Waals surface area contributed by atoms with Crippen LogP contribution in [0.1, 0.15) is 17.2 Å². The molecule has 0 radical (unpaired) electrons. The molecule has 1 amide bonds. The highest BCUT2D eigenvalue weighted by Gasteiger charge is 2.19. The van der Waals surface area contributed by atoms with Gasteiger partial charge in [0.1, 0.15) is 6.04 Å². The topological polar surface area (TPSA) is 62.2 Å². The molecule has 1 aromatic heterocycles. The molecule has 1 atom stereocenters. The number of carbonyl (C=O) groups is 1. The molecule has 2 rings (SSSR count). The third kappa shape index (κ3) is 5.70. The van der Waals surface area contributed by atoms with E-state index in [0.717, 1.165) is 16.8 Å². The van der Waals surface area contributed by atoms with Gasteiger partial charge in [-0.15, -0.1) is 24.8 Å². The van der Waals surface area contributed by atoms with Gasteiger partial charge >= 0.3 is 0 Å². The monoisotopic (exact) mass is 373 g/mol. The Hall–Kier alpha value is -1.76. The van der Waals surface area contributed by atoms with Crippen molar-refractivity contribution < 1.29 is 4.79 Å². The van der Waals surface area contributed by atoms with Gasteiger partial charge in [0.05, 0.1) is 6.20 Å². The molecule has 0 aliphatic heterocycles. The second-order valence-corrected chi connectivity index (χ2v) is 5.45. The number of nitrogens with one attached hydrogen (secondary N) is 2. The number of amides is 1. The van der Waals surface area contributed by atoms with Crippen molar-refractivity contribution >= 4 is 36.4 Å². The molecule has 0 aliphatic carbocycles. The van der Waals surface area contributed by atoms with Crippen LogP contribution >= 0.6 is 24.8 Å². The minimum atomic E-state index is -0.397. The first-order chi connectivity index (χ1) is 10.5. The molecule has 2 N–H and O–H groups in total. The smallest absolute Gasteiger partial charge is 0.242 e. The van der Waals surface area contributed by atoms with Crippen molar-refractivity contribution in [3.63, 3.8) is 0 Å². The highest BCUT2D eigenvalue weighted by molar-refractivity contribution is 5.85. The zero-order valence-electron chi connectivity index (χ0n) is 14.3. The van der Waals surface area contributed by atoms with Crippen molar-refractivity contribution in [3.05, 3.63) is 47.8 Å². The standard InChI is InChI=1S/C16H23N5O.2ClH/c1-17-15(13-10-19-21(4)11-13)16(22)18-9-12-6-5-7-14(8-12)20(2)3;;/h5-8,10-11,15,17H,9H2,1-4H3,(H,18,22);2*1H. The number of carbonyl (C=O) groups excluding carboxylic acids is 1. The maximum atomic E-state index is 12.4. The molecule has 0 saturated heterocycles. The van der Waals surface area contributed by atoms with Gasteiger partial charge < -0.3 is 15.5 Å². The molecule has 0 fully saturated rings. The van der Waals surface area contributed by atoms with E-state index in [4.69, 9.17) is 0 Å². The van der Waals surface area contributed by atoms with Gasteiger partial charge in [0.15, 0.2) is 0 Å². The van der Waals surface area contributed by atoms with E-state index < -0.39 is 6.04 Å². The van der Waals surface area contributed by atoms with Crippen LogP contribution in [0.3, 0.4) is 0 Å². The molecule has 0 saturated carbocycles. The predicted molar refractivity (Wildman–Crippen MR) is 102 cm³/mol. The fourth-order valence-corrected chi connectivity index (χ4v) is 2.27. The van der Waals surface area contributed by atoms with Gasteiger partial charge in [-0.25, -0.2) is 0 Å². The van der Waals surface area contributed by atoms with Gasteiger partial charge in [-0.2, -0.15) is 5.10 Å². The van der Waals surface area contributed by atoms with Crippen LogP contribution in [0.15, 0.2) is 36.7 Å². The van der Waals surface area contributed by atoms with E-state index in [2.05, 4.69) is 21.8 Å². The lowest BCUT2D eigenvalue weighted by atomic mass is 10.1. The van der Waals surface area contributed by atoms with Gasteiger partial charge in [-0.3, -0.25) is 9.48 Å². The lowest BCUT2D eigenvalue weighted by Gasteiger charge is -2.16. The first kappa shape index (κ1) is 22.2. The third-order valence-electron chi connectivity index (χ3n) is 3.50. The largest absolute Gasteiger partial charge is 0.378 e.